The van der Waals surface area contributed by atoms with Crippen LogP contribution in [-0.4, -0.2) is 238 Å². The van der Waals surface area contributed by atoms with Crippen LogP contribution in [0.4, 0.5) is 0 Å². The van der Waals surface area contributed by atoms with Crippen molar-refractivity contribution in [3.8, 4) is 5.75 Å². The Labute approximate surface area is 450 Å². The zero-order valence-electron chi connectivity index (χ0n) is 43.5. The van der Waals surface area contributed by atoms with Gasteiger partial charge in [0, 0.05) is 20.8 Å². The fraction of sp³-hybridized carbons (Fsp3) is 0.750. The van der Waals surface area contributed by atoms with Gasteiger partial charge < -0.3 is 105 Å². The summed E-state index contributed by atoms with van der Waals surface area (Å²) in [5, 5.41) is 109. The molecule has 1 aromatic carbocycles. The molecule has 14 N–H and O–H groups in total. The Kier molecular flexibility index (Phi) is 25.4. The first-order valence-corrected chi connectivity index (χ1v) is 27.0. The third-order valence-corrected chi connectivity index (χ3v) is 13.7. The number of aliphatic hydroxyl groups excluding tert-OH is 9. The predicted octanol–water partition coefficient (Wildman–Crippen LogP) is -4.37. The third kappa shape index (κ3) is 17.7. The standard InChI is InChI=1S/C48H76N4O25S/c1-5-6-7-8-9-10-11-12-15-18-69-27-17-14-13-16-26(27)44(64)52-33-37(60)36(59)28(19-53)72-46(33)75-41-29(20-54)73-47(34(39(41)62)50-24(3)57)76-42-30(21-55)74-48(35(40(42)63)51-25(4)58)77-43-31(22-70-78(66,67)68)71-45(65)32(38(43)61)49-23(2)56/h10-11,13-14,16-17,28-43,45-48,53-55,59-63,65H,5-9,12,15,18-22H2,1-4H3,(H,49,56)(H,50,57)(H,51,58)(H,52,64)(H,66,67,68)/t28-,29-,30-,31-,32-,33-,34-,35-,36-,37-,38-,39-,40-,41-,42-,43-,45?,46+,47+,48+/m1/s1. The Balaban J connectivity index is 1.36. The molecule has 4 heterocycles. The van der Waals surface area contributed by atoms with Crippen molar-refractivity contribution < 1.29 is 120 Å². The summed E-state index contributed by atoms with van der Waals surface area (Å²) in [6, 6.07) is -0.578. The van der Waals surface area contributed by atoms with Gasteiger partial charge in [0.05, 0.1) is 38.6 Å². The summed E-state index contributed by atoms with van der Waals surface area (Å²) in [6.07, 6.45) is -18.4. The van der Waals surface area contributed by atoms with Crippen LogP contribution in [0.2, 0.25) is 0 Å². The SMILES string of the molecule is CCCCCCC=CCCCOc1ccccc1C(=O)N[C@H]1[C@H](O[C@H]2[C@H](O)[C@@H](NC(C)=O)[C@H](O[C@H]3[C@H](O)[C@@H](NC(C)=O)[C@H](O[C@H]4[C@H](O)[C@@H](NC(C)=O)C(O)O[C@@H]4COS(=O)(=O)O)O[C@@H]3CO)O[C@@H]2CO)O[C@H](CO)[C@@H](O)[C@@H]1O. The molecule has 1 aromatic rings. The van der Waals surface area contributed by atoms with Gasteiger partial charge in [0.15, 0.2) is 25.2 Å². The first kappa shape index (κ1) is 64.7. The maximum atomic E-state index is 14.0. The van der Waals surface area contributed by atoms with Crippen molar-refractivity contribution >= 4 is 34.0 Å². The van der Waals surface area contributed by atoms with Gasteiger partial charge in [0.25, 0.3) is 5.91 Å². The van der Waals surface area contributed by atoms with Crippen LogP contribution in [0.25, 0.3) is 0 Å². The molecule has 5 rings (SSSR count). The van der Waals surface area contributed by atoms with E-state index in [1.165, 1.54) is 18.9 Å². The van der Waals surface area contributed by atoms with E-state index in [1.54, 1.807) is 18.2 Å². The molecule has 4 saturated heterocycles. The molecule has 0 aliphatic carbocycles. The number of amides is 4. The van der Waals surface area contributed by atoms with Gasteiger partial charge in [-0.1, -0.05) is 50.5 Å². The van der Waals surface area contributed by atoms with Gasteiger partial charge in [-0.3, -0.25) is 23.7 Å². The molecule has 0 spiro atoms. The molecule has 78 heavy (non-hydrogen) atoms. The summed E-state index contributed by atoms with van der Waals surface area (Å²) in [5.41, 5.74) is 0.0212. The monoisotopic (exact) mass is 1140 g/mol. The second-order valence-electron chi connectivity index (χ2n) is 19.2. The van der Waals surface area contributed by atoms with Crippen LogP contribution >= 0.6 is 0 Å². The summed E-state index contributed by atoms with van der Waals surface area (Å²) < 4.78 is 84.1. The number of benzene rings is 1. The number of hydrogen-bond donors (Lipinski definition) is 14. The molecule has 4 aliphatic heterocycles. The lowest BCUT2D eigenvalue weighted by Crippen LogP contribution is -2.71. The quantitative estimate of drug-likeness (QED) is 0.0225. The number of rotatable bonds is 27. The van der Waals surface area contributed by atoms with Gasteiger partial charge in [-0.05, 0) is 37.8 Å². The number of carbonyl (C=O) groups excluding carboxylic acids is 4. The number of para-hydroxylation sites is 1. The van der Waals surface area contributed by atoms with Crippen molar-refractivity contribution in [1.29, 1.82) is 0 Å². The Morgan fingerprint density at radius 3 is 1.54 bits per heavy atom. The Morgan fingerprint density at radius 2 is 1.04 bits per heavy atom. The zero-order chi connectivity index (χ0) is 57.4. The zero-order valence-corrected chi connectivity index (χ0v) is 44.3. The van der Waals surface area contributed by atoms with Crippen molar-refractivity contribution in [3.05, 3.63) is 42.0 Å². The number of unbranched alkanes of at least 4 members (excludes halogenated alkanes) is 5. The van der Waals surface area contributed by atoms with Crippen LogP contribution in [0, 0.1) is 0 Å². The average molecular weight is 1140 g/mol. The number of hydrogen-bond acceptors (Lipinski definition) is 24. The van der Waals surface area contributed by atoms with Gasteiger partial charge in [-0.25, -0.2) is 4.18 Å². The van der Waals surface area contributed by atoms with Crippen LogP contribution in [-0.2, 0) is 62.1 Å². The predicted molar refractivity (Wildman–Crippen MR) is 263 cm³/mol. The highest BCUT2D eigenvalue weighted by Crippen LogP contribution is 2.35. The largest absolute Gasteiger partial charge is 0.493 e. The summed E-state index contributed by atoms with van der Waals surface area (Å²) in [6.45, 7) is 1.48. The van der Waals surface area contributed by atoms with E-state index in [0.717, 1.165) is 46.5 Å². The van der Waals surface area contributed by atoms with E-state index in [4.69, 9.17) is 37.9 Å². The molecule has 0 radical (unpaired) electrons. The molecular weight excluding hydrogens is 1060 g/mol. The van der Waals surface area contributed by atoms with Gasteiger partial charge in [0.2, 0.25) is 17.7 Å². The summed E-state index contributed by atoms with van der Waals surface area (Å²) in [5.74, 6) is -3.05. The van der Waals surface area contributed by atoms with E-state index in [9.17, 15) is 78.1 Å². The van der Waals surface area contributed by atoms with Crippen molar-refractivity contribution in [3.63, 3.8) is 0 Å². The second-order valence-corrected chi connectivity index (χ2v) is 20.3. The molecule has 4 amide bonds. The molecule has 29 nitrogen and oxygen atoms in total. The molecule has 0 saturated carbocycles. The van der Waals surface area contributed by atoms with E-state index < -0.39 is 183 Å². The molecule has 20 atom stereocenters. The molecule has 0 aromatic heterocycles. The minimum absolute atomic E-state index is 0.0212. The smallest absolute Gasteiger partial charge is 0.397 e. The Morgan fingerprint density at radius 1 is 0.577 bits per heavy atom. The maximum absolute atomic E-state index is 14.0. The number of allylic oxidation sites excluding steroid dienone is 2. The van der Waals surface area contributed by atoms with E-state index in [-0.39, 0.29) is 17.9 Å². The second kappa shape index (κ2) is 30.6. The lowest BCUT2D eigenvalue weighted by atomic mass is 9.93. The molecule has 1 unspecified atom stereocenters. The van der Waals surface area contributed by atoms with E-state index in [2.05, 4.69) is 44.5 Å². The number of ether oxygens (including phenoxy) is 8. The normalized spacial score (nSPS) is 35.4. The van der Waals surface area contributed by atoms with E-state index in [0.29, 0.717) is 6.42 Å². The third-order valence-electron chi connectivity index (χ3n) is 13.2. The highest BCUT2D eigenvalue weighted by molar-refractivity contribution is 7.80. The van der Waals surface area contributed by atoms with Crippen LogP contribution in [0.5, 0.6) is 5.75 Å². The highest BCUT2D eigenvalue weighted by Gasteiger charge is 2.56. The molecular formula is C48H76N4O25S. The van der Waals surface area contributed by atoms with Crippen molar-refractivity contribution in [1.82, 2.24) is 21.3 Å². The molecule has 30 heteroatoms. The fourth-order valence-electron chi connectivity index (χ4n) is 9.39. The first-order valence-electron chi connectivity index (χ1n) is 25.6. The van der Waals surface area contributed by atoms with Gasteiger partial charge in [-0.15, -0.1) is 0 Å². The van der Waals surface area contributed by atoms with Crippen molar-refractivity contribution in [2.75, 3.05) is 33.0 Å². The van der Waals surface area contributed by atoms with Gasteiger partial charge >= 0.3 is 10.4 Å². The van der Waals surface area contributed by atoms with Crippen LogP contribution in [0.15, 0.2) is 36.4 Å². The summed E-state index contributed by atoms with van der Waals surface area (Å²) in [7, 11) is -5.16. The fourth-order valence-corrected chi connectivity index (χ4v) is 9.70. The maximum Gasteiger partial charge on any atom is 0.397 e. The minimum Gasteiger partial charge on any atom is -0.493 e. The summed E-state index contributed by atoms with van der Waals surface area (Å²) >= 11 is 0. The topological polar surface area (TPSA) is 436 Å². The molecule has 4 aliphatic rings. The average Bonchev–Trinajstić information content (AvgIpc) is 3.40. The lowest BCUT2D eigenvalue weighted by Gasteiger charge is -2.51. The molecule has 444 valence electrons. The molecule has 0 bridgehead atoms. The van der Waals surface area contributed by atoms with E-state index >= 15 is 0 Å². The highest BCUT2D eigenvalue weighted by atomic mass is 32.3. The first-order chi connectivity index (χ1) is 37.0. The van der Waals surface area contributed by atoms with Crippen LogP contribution in [0.3, 0.4) is 0 Å². The Hall–Kier alpha value is -4.13. The minimum atomic E-state index is -5.16. The van der Waals surface area contributed by atoms with Crippen molar-refractivity contribution in [2.45, 2.75) is 195 Å². The summed E-state index contributed by atoms with van der Waals surface area (Å²) in [4.78, 5) is 51.3. The van der Waals surface area contributed by atoms with Gasteiger partial charge in [-0.2, -0.15) is 8.42 Å². The number of nitrogens with one attached hydrogen (secondary N) is 4. The van der Waals surface area contributed by atoms with E-state index in [1.807, 2.05) is 0 Å². The van der Waals surface area contributed by atoms with Crippen LogP contribution < -0.4 is 26.0 Å². The number of aliphatic hydroxyl groups is 9. The van der Waals surface area contributed by atoms with Gasteiger partial charge in [0.1, 0.15) is 103 Å². The molecule has 4 fully saturated rings. The van der Waals surface area contributed by atoms with Crippen molar-refractivity contribution in [2.24, 2.45) is 0 Å². The lowest BCUT2D eigenvalue weighted by molar-refractivity contribution is -0.361. The Bertz CT molecular complexity index is 2220. The number of carbonyl (C=O) groups is 4. The van der Waals surface area contributed by atoms with Crippen LogP contribution in [0.1, 0.15) is 83.0 Å².